The van der Waals surface area contributed by atoms with Gasteiger partial charge in [0, 0.05) is 23.5 Å². The van der Waals surface area contributed by atoms with Crippen LogP contribution in [0.4, 0.5) is 0 Å². The summed E-state index contributed by atoms with van der Waals surface area (Å²) in [7, 11) is 0. The topological polar surface area (TPSA) is 35.0 Å². The molecule has 0 amide bonds. The second kappa shape index (κ2) is 10.1. The average molecular weight is 581 g/mol. The maximum atomic E-state index is 6.55. The molecule has 1 aromatic heterocycles. The van der Waals surface area contributed by atoms with Crippen molar-refractivity contribution in [2.24, 2.45) is 0 Å². The van der Waals surface area contributed by atoms with Gasteiger partial charge in [-0.25, -0.2) is 9.97 Å². The normalized spacial score (nSPS) is 12.2. The highest BCUT2D eigenvalue weighted by Gasteiger charge is 2.22. The molecule has 0 N–H and O–H groups in total. The van der Waals surface area contributed by atoms with Gasteiger partial charge in [-0.1, -0.05) is 96.7 Å². The van der Waals surface area contributed by atoms with Crippen LogP contribution in [0, 0.1) is 0 Å². The number of hydrogen-bond donors (Lipinski definition) is 0. The van der Waals surface area contributed by atoms with E-state index in [1.807, 2.05) is 18.2 Å². The van der Waals surface area contributed by atoms with Crippen molar-refractivity contribution in [1.29, 1.82) is 0 Å². The molecule has 2 heterocycles. The van der Waals surface area contributed by atoms with Crippen LogP contribution in [-0.4, -0.2) is 9.97 Å². The second-order valence-electron chi connectivity index (χ2n) is 11.0. The van der Waals surface area contributed by atoms with Gasteiger partial charge in [0.05, 0.1) is 9.79 Å². The van der Waals surface area contributed by atoms with Crippen LogP contribution in [0.5, 0.6) is 11.5 Å². The summed E-state index contributed by atoms with van der Waals surface area (Å²) in [6.07, 6.45) is 3.59. The van der Waals surface area contributed by atoms with E-state index in [-0.39, 0.29) is 0 Å². The van der Waals surface area contributed by atoms with E-state index in [2.05, 4.69) is 125 Å². The molecule has 8 aromatic rings. The van der Waals surface area contributed by atoms with E-state index in [1.54, 1.807) is 24.2 Å². The van der Waals surface area contributed by atoms with Gasteiger partial charge in [0.2, 0.25) is 0 Å². The van der Waals surface area contributed by atoms with Crippen molar-refractivity contribution in [3.05, 3.63) is 146 Å². The molecule has 4 heteroatoms. The highest BCUT2D eigenvalue weighted by molar-refractivity contribution is 7.99. The average Bonchev–Trinajstić information content (AvgIpc) is 3.10. The smallest absolute Gasteiger partial charge is 0.159 e. The Labute approximate surface area is 258 Å². The number of benzene rings is 7. The van der Waals surface area contributed by atoms with Crippen LogP contribution in [0.25, 0.3) is 66.0 Å². The molecular weight excluding hydrogens is 557 g/mol. The molecule has 0 unspecified atom stereocenters. The van der Waals surface area contributed by atoms with Crippen molar-refractivity contribution >= 4 is 44.1 Å². The van der Waals surface area contributed by atoms with Crippen LogP contribution >= 0.6 is 11.8 Å². The van der Waals surface area contributed by atoms with Gasteiger partial charge in [0.15, 0.2) is 5.82 Å². The SMILES string of the molecule is c1cnc(-c2cc(-c3ccc4c5ccccc5c5ccccc5c4c3)cc(-c3cccc4c3Oc3ccccc3S4)c2)nc1. The first kappa shape index (κ1) is 25.1. The Kier molecular flexibility index (Phi) is 5.75. The molecule has 0 saturated carbocycles. The fourth-order valence-corrected chi connectivity index (χ4v) is 7.38. The van der Waals surface area contributed by atoms with Gasteiger partial charge in [0.25, 0.3) is 0 Å². The summed E-state index contributed by atoms with van der Waals surface area (Å²) < 4.78 is 6.55. The molecule has 1 aliphatic heterocycles. The Morgan fingerprint density at radius 2 is 1.05 bits per heavy atom. The quantitative estimate of drug-likeness (QED) is 0.195. The first-order valence-electron chi connectivity index (χ1n) is 14.6. The minimum Gasteiger partial charge on any atom is -0.454 e. The second-order valence-corrected chi connectivity index (χ2v) is 12.1. The van der Waals surface area contributed by atoms with Crippen LogP contribution in [0.15, 0.2) is 156 Å². The van der Waals surface area contributed by atoms with E-state index >= 15 is 0 Å². The number of nitrogens with zero attached hydrogens (tertiary/aromatic N) is 2. The zero-order chi connectivity index (χ0) is 29.0. The minimum absolute atomic E-state index is 0.693. The largest absolute Gasteiger partial charge is 0.454 e. The molecule has 44 heavy (non-hydrogen) atoms. The molecule has 0 fully saturated rings. The van der Waals surface area contributed by atoms with Crippen LogP contribution < -0.4 is 4.74 Å². The maximum Gasteiger partial charge on any atom is 0.159 e. The third-order valence-electron chi connectivity index (χ3n) is 8.41. The van der Waals surface area contributed by atoms with Gasteiger partial charge >= 0.3 is 0 Å². The molecule has 0 bridgehead atoms. The number of hydrogen-bond acceptors (Lipinski definition) is 4. The standard InChI is InChI=1S/C40H24N2OS/c1-2-11-32-30(9-1)31-10-3-4-12-33(31)35-24-25(17-18-34(32)35)26-21-27(23-28(22-26)40-41-19-8-20-42-40)29-13-7-16-38-39(29)43-36-14-5-6-15-37(36)44-38/h1-24H. The Morgan fingerprint density at radius 3 is 1.82 bits per heavy atom. The number of ether oxygens (including phenoxy) is 1. The summed E-state index contributed by atoms with van der Waals surface area (Å²) in [5, 5.41) is 7.57. The lowest BCUT2D eigenvalue weighted by Crippen LogP contribution is -1.97. The van der Waals surface area contributed by atoms with E-state index in [4.69, 9.17) is 4.74 Å². The van der Waals surface area contributed by atoms with Crippen molar-refractivity contribution in [2.45, 2.75) is 9.79 Å². The summed E-state index contributed by atoms with van der Waals surface area (Å²) in [5.41, 5.74) is 5.31. The van der Waals surface area contributed by atoms with E-state index in [9.17, 15) is 0 Å². The molecule has 0 atom stereocenters. The van der Waals surface area contributed by atoms with Crippen molar-refractivity contribution < 1.29 is 4.74 Å². The summed E-state index contributed by atoms with van der Waals surface area (Å²) in [6.45, 7) is 0. The molecule has 0 spiro atoms. The zero-order valence-electron chi connectivity index (χ0n) is 23.6. The summed E-state index contributed by atoms with van der Waals surface area (Å²) in [4.78, 5) is 11.5. The Bertz CT molecular complexity index is 2370. The summed E-state index contributed by atoms with van der Waals surface area (Å²) >= 11 is 1.75. The molecular formula is C40H24N2OS. The molecule has 206 valence electrons. The van der Waals surface area contributed by atoms with Crippen LogP contribution in [-0.2, 0) is 0 Å². The van der Waals surface area contributed by atoms with Crippen LogP contribution in [0.1, 0.15) is 0 Å². The molecule has 1 aliphatic rings. The van der Waals surface area contributed by atoms with Crippen molar-refractivity contribution in [3.63, 3.8) is 0 Å². The van der Waals surface area contributed by atoms with Crippen molar-refractivity contribution in [3.8, 4) is 45.1 Å². The minimum atomic E-state index is 0.693. The molecule has 0 aliphatic carbocycles. The summed E-state index contributed by atoms with van der Waals surface area (Å²) in [6, 6.07) is 47.3. The van der Waals surface area contributed by atoms with Gasteiger partial charge in [-0.05, 0) is 97.5 Å². The summed E-state index contributed by atoms with van der Waals surface area (Å²) in [5.74, 6) is 2.45. The molecule has 9 rings (SSSR count). The number of fused-ring (bicyclic) bond motifs is 8. The maximum absolute atomic E-state index is 6.55. The van der Waals surface area contributed by atoms with Crippen molar-refractivity contribution in [1.82, 2.24) is 9.97 Å². The van der Waals surface area contributed by atoms with E-state index in [1.165, 1.54) is 32.3 Å². The lowest BCUT2D eigenvalue weighted by Gasteiger charge is -2.22. The fourth-order valence-electron chi connectivity index (χ4n) is 6.39. The van der Waals surface area contributed by atoms with Gasteiger partial charge in [-0.3, -0.25) is 0 Å². The molecule has 3 nitrogen and oxygen atoms in total. The highest BCUT2D eigenvalue weighted by atomic mass is 32.2. The number of rotatable bonds is 3. The first-order chi connectivity index (χ1) is 21.8. The number of para-hydroxylation sites is 2. The Balaban J connectivity index is 1.27. The Morgan fingerprint density at radius 1 is 0.432 bits per heavy atom. The lowest BCUT2D eigenvalue weighted by atomic mass is 9.90. The van der Waals surface area contributed by atoms with E-state index in [0.29, 0.717) is 5.82 Å². The predicted octanol–water partition coefficient (Wildman–Crippen LogP) is 11.2. The highest BCUT2D eigenvalue weighted by Crippen LogP contribution is 2.51. The van der Waals surface area contributed by atoms with E-state index < -0.39 is 0 Å². The van der Waals surface area contributed by atoms with Crippen LogP contribution in [0.2, 0.25) is 0 Å². The van der Waals surface area contributed by atoms with Gasteiger partial charge in [0.1, 0.15) is 11.5 Å². The number of aromatic nitrogens is 2. The first-order valence-corrected chi connectivity index (χ1v) is 15.5. The lowest BCUT2D eigenvalue weighted by molar-refractivity contribution is 0.456. The zero-order valence-corrected chi connectivity index (χ0v) is 24.4. The van der Waals surface area contributed by atoms with Gasteiger partial charge in [-0.15, -0.1) is 0 Å². The van der Waals surface area contributed by atoms with Crippen LogP contribution in [0.3, 0.4) is 0 Å². The van der Waals surface area contributed by atoms with Gasteiger partial charge in [-0.2, -0.15) is 0 Å². The van der Waals surface area contributed by atoms with Crippen molar-refractivity contribution in [2.75, 3.05) is 0 Å². The third kappa shape index (κ3) is 4.07. The van der Waals surface area contributed by atoms with Gasteiger partial charge < -0.3 is 4.74 Å². The van der Waals surface area contributed by atoms with E-state index in [0.717, 1.165) is 49.1 Å². The molecule has 7 aromatic carbocycles. The monoisotopic (exact) mass is 580 g/mol. The third-order valence-corrected chi connectivity index (χ3v) is 9.50. The Hall–Kier alpha value is -5.45. The fraction of sp³-hybridized carbons (Fsp3) is 0. The molecule has 0 radical (unpaired) electrons. The predicted molar refractivity (Wildman–Crippen MR) is 181 cm³/mol. The molecule has 0 saturated heterocycles.